The van der Waals surface area contributed by atoms with Crippen molar-refractivity contribution in [3.8, 4) is 0 Å². The maximum absolute atomic E-state index is 7.57. The lowest BCUT2D eigenvalue weighted by atomic mass is 10.9. The van der Waals surface area contributed by atoms with E-state index in [0.29, 0.717) is 0 Å². The summed E-state index contributed by atoms with van der Waals surface area (Å²) in [4.78, 5) is 0. The summed E-state index contributed by atoms with van der Waals surface area (Å²) in [5.74, 6) is 0. The summed E-state index contributed by atoms with van der Waals surface area (Å²) >= 11 is 0. The van der Waals surface area contributed by atoms with Crippen LogP contribution in [0.25, 0.3) is 0 Å². The van der Waals surface area contributed by atoms with E-state index in [-0.39, 0.29) is 61.2 Å². The molecular weight excluding hydrogens is 334 g/mol. The van der Waals surface area contributed by atoms with Crippen LogP contribution in [0.3, 0.4) is 0 Å². The van der Waals surface area contributed by atoms with E-state index in [4.69, 9.17) is 10.2 Å². The molecule has 0 amide bonds. The lowest BCUT2D eigenvalue weighted by Crippen LogP contribution is -1.57. The van der Waals surface area contributed by atoms with Gasteiger partial charge in [0, 0.05) is 13.2 Å². The van der Waals surface area contributed by atoms with Gasteiger partial charge in [0.2, 0.25) is 0 Å². The lowest BCUT2D eigenvalue weighted by molar-refractivity contribution is 0.318. The van der Waals surface area contributed by atoms with E-state index in [1.54, 1.807) is 13.8 Å². The van der Waals surface area contributed by atoms with E-state index in [1.807, 2.05) is 0 Å². The number of hydrogen-bond acceptors (Lipinski definition) is 2. The number of halogens is 2. The molecule has 0 radical (unpaired) electrons. The van der Waals surface area contributed by atoms with Gasteiger partial charge in [-0.2, -0.15) is 0 Å². The Kier molecular flexibility index (Phi) is 114. The highest BCUT2D eigenvalue weighted by molar-refractivity contribution is 14.0. The average molecular weight is 348 g/mol. The first kappa shape index (κ1) is 22.8. The van der Waals surface area contributed by atoms with E-state index in [9.17, 15) is 0 Å². The summed E-state index contributed by atoms with van der Waals surface area (Å²) in [7, 11) is 0. The molecule has 56 valence electrons. The predicted molar refractivity (Wildman–Crippen MR) is 56.3 cm³/mol. The van der Waals surface area contributed by atoms with Gasteiger partial charge in [-0.1, -0.05) is 0 Å². The summed E-state index contributed by atoms with van der Waals surface area (Å²) in [5, 5.41) is 15.1. The molecule has 4 heteroatoms. The molecule has 0 unspecified atom stereocenters. The largest absolute Gasteiger partial charge is 0.397 e. The van der Waals surface area contributed by atoms with Crippen molar-refractivity contribution in [1.29, 1.82) is 0 Å². The standard InChI is InChI=1S/2C2H6O.2HI/c2*1-2-3;;/h2*3H,2H2,1H3;2*1H. The molecule has 0 spiro atoms. The van der Waals surface area contributed by atoms with Crippen LogP contribution in [-0.4, -0.2) is 23.4 Å². The average Bonchev–Trinajstić information content (AvgIpc) is 1.39. The fourth-order valence-electron chi connectivity index (χ4n) is 0. The minimum atomic E-state index is 0. The van der Waals surface area contributed by atoms with Crippen LogP contribution in [0.5, 0.6) is 0 Å². The Labute approximate surface area is 84.7 Å². The molecule has 0 aliphatic rings. The normalized spacial score (nSPS) is 4.50. The summed E-state index contributed by atoms with van der Waals surface area (Å²) in [6.07, 6.45) is 0. The van der Waals surface area contributed by atoms with E-state index >= 15 is 0 Å². The molecule has 0 aromatic rings. The second-order valence-corrected chi connectivity index (χ2v) is 0.632. The number of aliphatic hydroxyl groups excluding tert-OH is 2. The van der Waals surface area contributed by atoms with Gasteiger partial charge in [-0.15, -0.1) is 48.0 Å². The Balaban J connectivity index is -0.0000000160. The molecule has 0 aromatic heterocycles. The first-order chi connectivity index (χ1) is 2.83. The monoisotopic (exact) mass is 348 g/mol. The van der Waals surface area contributed by atoms with Crippen LogP contribution in [0.15, 0.2) is 0 Å². The van der Waals surface area contributed by atoms with Gasteiger partial charge in [0.15, 0.2) is 0 Å². The molecule has 8 heavy (non-hydrogen) atoms. The van der Waals surface area contributed by atoms with Gasteiger partial charge in [0.05, 0.1) is 0 Å². The Hall–Kier alpha value is 1.38. The topological polar surface area (TPSA) is 40.5 Å². The SMILES string of the molecule is CCO.CCO.I.I. The maximum Gasteiger partial charge on any atom is 0.0402 e. The van der Waals surface area contributed by atoms with E-state index in [1.165, 1.54) is 0 Å². The van der Waals surface area contributed by atoms with Gasteiger partial charge < -0.3 is 10.2 Å². The van der Waals surface area contributed by atoms with Gasteiger partial charge in [0.25, 0.3) is 0 Å². The number of hydrogen-bond donors (Lipinski definition) is 2. The summed E-state index contributed by atoms with van der Waals surface area (Å²) in [5.41, 5.74) is 0. The van der Waals surface area contributed by atoms with Crippen molar-refractivity contribution in [2.24, 2.45) is 0 Å². The first-order valence-corrected chi connectivity index (χ1v) is 2.05. The van der Waals surface area contributed by atoms with Crippen molar-refractivity contribution in [2.45, 2.75) is 13.8 Å². The maximum atomic E-state index is 7.57. The van der Waals surface area contributed by atoms with Crippen molar-refractivity contribution in [1.82, 2.24) is 0 Å². The number of aliphatic hydroxyl groups is 2. The minimum absolute atomic E-state index is 0. The predicted octanol–water partition coefficient (Wildman–Crippen LogP) is 1.23. The van der Waals surface area contributed by atoms with Gasteiger partial charge in [-0.05, 0) is 13.8 Å². The van der Waals surface area contributed by atoms with E-state index in [2.05, 4.69) is 0 Å². The van der Waals surface area contributed by atoms with Crippen LogP contribution in [0.4, 0.5) is 0 Å². The van der Waals surface area contributed by atoms with Crippen LogP contribution >= 0.6 is 48.0 Å². The molecule has 0 heterocycles. The van der Waals surface area contributed by atoms with Crippen LogP contribution < -0.4 is 0 Å². The highest BCUT2D eigenvalue weighted by atomic mass is 127. The Morgan fingerprint density at radius 3 is 0.875 bits per heavy atom. The minimum Gasteiger partial charge on any atom is -0.397 e. The van der Waals surface area contributed by atoms with Gasteiger partial charge in [-0.3, -0.25) is 0 Å². The zero-order valence-electron chi connectivity index (χ0n) is 5.13. The molecule has 0 fully saturated rings. The van der Waals surface area contributed by atoms with E-state index in [0.717, 1.165) is 0 Å². The third-order valence-electron chi connectivity index (χ3n) is 0. The lowest BCUT2D eigenvalue weighted by Gasteiger charge is -1.52. The molecule has 0 saturated heterocycles. The molecule has 0 atom stereocenters. The molecule has 0 aliphatic carbocycles. The van der Waals surface area contributed by atoms with Crippen molar-refractivity contribution >= 4 is 48.0 Å². The van der Waals surface area contributed by atoms with Crippen molar-refractivity contribution in [3.05, 3.63) is 0 Å². The molecule has 2 nitrogen and oxygen atoms in total. The van der Waals surface area contributed by atoms with Crippen molar-refractivity contribution < 1.29 is 10.2 Å². The molecular formula is C4H14I2O2. The Bertz CT molecular complexity index is 14.0. The molecule has 0 bridgehead atoms. The fourth-order valence-corrected chi connectivity index (χ4v) is 0. The highest BCUT2D eigenvalue weighted by Gasteiger charge is 1.34. The quantitative estimate of drug-likeness (QED) is 0.647. The first-order valence-electron chi connectivity index (χ1n) is 2.05. The van der Waals surface area contributed by atoms with Crippen LogP contribution in [0, 0.1) is 0 Å². The third-order valence-corrected chi connectivity index (χ3v) is 0. The highest BCUT2D eigenvalue weighted by Crippen LogP contribution is 1.30. The van der Waals surface area contributed by atoms with Gasteiger partial charge in [0.1, 0.15) is 0 Å². The molecule has 0 rings (SSSR count). The second-order valence-electron chi connectivity index (χ2n) is 0.632. The summed E-state index contributed by atoms with van der Waals surface area (Å²) < 4.78 is 0. The third kappa shape index (κ3) is 158. The van der Waals surface area contributed by atoms with E-state index < -0.39 is 0 Å². The van der Waals surface area contributed by atoms with Crippen LogP contribution in [0.1, 0.15) is 13.8 Å². The second kappa shape index (κ2) is 40.0. The Morgan fingerprint density at radius 2 is 0.875 bits per heavy atom. The molecule has 0 saturated carbocycles. The van der Waals surface area contributed by atoms with Gasteiger partial charge >= 0.3 is 0 Å². The van der Waals surface area contributed by atoms with Crippen LogP contribution in [-0.2, 0) is 0 Å². The van der Waals surface area contributed by atoms with Crippen molar-refractivity contribution in [2.75, 3.05) is 13.2 Å². The molecule has 0 aromatic carbocycles. The molecule has 0 aliphatic heterocycles. The fraction of sp³-hybridized carbons (Fsp3) is 1.00. The summed E-state index contributed by atoms with van der Waals surface area (Å²) in [6.45, 7) is 3.86. The Morgan fingerprint density at radius 1 is 0.875 bits per heavy atom. The van der Waals surface area contributed by atoms with Crippen LogP contribution in [0.2, 0.25) is 0 Å². The summed E-state index contributed by atoms with van der Waals surface area (Å²) in [6, 6.07) is 0. The zero-order chi connectivity index (χ0) is 5.41. The molecule has 2 N–H and O–H groups in total. The van der Waals surface area contributed by atoms with Crippen molar-refractivity contribution in [3.63, 3.8) is 0 Å². The zero-order valence-corrected chi connectivity index (χ0v) is 9.79. The smallest absolute Gasteiger partial charge is 0.0402 e. The number of rotatable bonds is 0. The van der Waals surface area contributed by atoms with Gasteiger partial charge in [-0.25, -0.2) is 0 Å².